The number of aliphatic hydroxyl groups is 1. The zero-order chi connectivity index (χ0) is 14.0. The second kappa shape index (κ2) is 5.27. The maximum Gasteiger partial charge on any atom is 0.326 e. The summed E-state index contributed by atoms with van der Waals surface area (Å²) in [6, 6.07) is 0.137. The molecule has 1 fully saturated rings. The highest BCUT2D eigenvalue weighted by atomic mass is 16.5. The molecule has 1 saturated heterocycles. The summed E-state index contributed by atoms with van der Waals surface area (Å²) in [7, 11) is 0. The average Bonchev–Trinajstić information content (AvgIpc) is 2.92. The topological polar surface area (TPSA) is 116 Å². The van der Waals surface area contributed by atoms with Crippen molar-refractivity contribution in [3.8, 4) is 0 Å². The number of amides is 2. The Morgan fingerprint density at radius 3 is 2.95 bits per heavy atom. The Morgan fingerprint density at radius 2 is 2.37 bits per heavy atom. The van der Waals surface area contributed by atoms with Gasteiger partial charge < -0.3 is 25.0 Å². The monoisotopic (exact) mass is 269 g/mol. The van der Waals surface area contributed by atoms with Gasteiger partial charge in [0.1, 0.15) is 6.04 Å². The molecule has 0 unspecified atom stereocenters. The van der Waals surface area contributed by atoms with Crippen LogP contribution in [0.3, 0.4) is 0 Å². The van der Waals surface area contributed by atoms with E-state index >= 15 is 0 Å². The Kier molecular flexibility index (Phi) is 3.70. The van der Waals surface area contributed by atoms with Crippen LogP contribution in [-0.2, 0) is 11.3 Å². The van der Waals surface area contributed by atoms with Gasteiger partial charge in [0.25, 0.3) is 0 Å². The SMILES string of the molecule is Cc1cc(CNC(=O)N2C[C@H](O)C[C@@H]2C(=O)O)on1. The van der Waals surface area contributed by atoms with Gasteiger partial charge >= 0.3 is 12.0 Å². The van der Waals surface area contributed by atoms with Crippen LogP contribution in [0.5, 0.6) is 0 Å². The van der Waals surface area contributed by atoms with Gasteiger partial charge in [-0.15, -0.1) is 0 Å². The van der Waals surface area contributed by atoms with Crippen LogP contribution in [0.2, 0.25) is 0 Å². The molecule has 2 rings (SSSR count). The molecule has 2 amide bonds. The number of carbonyl (C=O) groups excluding carboxylic acids is 1. The molecule has 1 aromatic heterocycles. The molecule has 0 radical (unpaired) electrons. The number of β-amino-alcohol motifs (C(OH)–C–C–N with tert-alkyl or cyclic N) is 1. The zero-order valence-corrected chi connectivity index (χ0v) is 10.4. The van der Waals surface area contributed by atoms with Gasteiger partial charge in [0.2, 0.25) is 0 Å². The van der Waals surface area contributed by atoms with Crippen molar-refractivity contribution in [1.82, 2.24) is 15.4 Å². The number of aryl methyl sites for hydroxylation is 1. The fraction of sp³-hybridized carbons (Fsp3) is 0.545. The first-order valence-electron chi connectivity index (χ1n) is 5.85. The van der Waals surface area contributed by atoms with Crippen molar-refractivity contribution in [3.05, 3.63) is 17.5 Å². The van der Waals surface area contributed by atoms with Crippen molar-refractivity contribution >= 4 is 12.0 Å². The van der Waals surface area contributed by atoms with Gasteiger partial charge in [-0.05, 0) is 6.92 Å². The molecule has 8 heteroatoms. The zero-order valence-electron chi connectivity index (χ0n) is 10.4. The highest BCUT2D eigenvalue weighted by molar-refractivity contribution is 5.83. The third-order valence-corrected chi connectivity index (χ3v) is 2.92. The number of nitrogens with zero attached hydrogens (tertiary/aromatic N) is 2. The highest BCUT2D eigenvalue weighted by Crippen LogP contribution is 2.18. The van der Waals surface area contributed by atoms with Gasteiger partial charge in [0, 0.05) is 19.0 Å². The van der Waals surface area contributed by atoms with E-state index < -0.39 is 24.1 Å². The van der Waals surface area contributed by atoms with Crippen LogP contribution < -0.4 is 5.32 Å². The summed E-state index contributed by atoms with van der Waals surface area (Å²) in [4.78, 5) is 23.9. The van der Waals surface area contributed by atoms with Crippen molar-refractivity contribution in [1.29, 1.82) is 0 Å². The molecule has 104 valence electrons. The number of likely N-dealkylation sites (tertiary alicyclic amines) is 1. The van der Waals surface area contributed by atoms with Crippen LogP contribution in [0.25, 0.3) is 0 Å². The standard InChI is InChI=1S/C11H15N3O5/c1-6-2-8(19-13-6)4-12-11(18)14-5-7(15)3-9(14)10(16)17/h2,7,9,15H,3-5H2,1H3,(H,12,18)(H,16,17)/t7-,9-/m1/s1. The normalized spacial score (nSPS) is 22.5. The predicted molar refractivity (Wildman–Crippen MR) is 62.2 cm³/mol. The third-order valence-electron chi connectivity index (χ3n) is 2.92. The summed E-state index contributed by atoms with van der Waals surface area (Å²) in [6.45, 7) is 1.89. The van der Waals surface area contributed by atoms with Crippen molar-refractivity contribution < 1.29 is 24.3 Å². The van der Waals surface area contributed by atoms with Crippen LogP contribution >= 0.6 is 0 Å². The number of carbonyl (C=O) groups is 2. The van der Waals surface area contributed by atoms with Crippen molar-refractivity contribution in [3.63, 3.8) is 0 Å². The molecule has 19 heavy (non-hydrogen) atoms. The second-order valence-electron chi connectivity index (χ2n) is 4.49. The largest absolute Gasteiger partial charge is 0.480 e. The van der Waals surface area contributed by atoms with Gasteiger partial charge in [-0.1, -0.05) is 5.16 Å². The van der Waals surface area contributed by atoms with Crippen LogP contribution in [-0.4, -0.2) is 51.0 Å². The second-order valence-corrected chi connectivity index (χ2v) is 4.49. The molecule has 3 N–H and O–H groups in total. The van der Waals surface area contributed by atoms with Gasteiger partial charge in [0.05, 0.1) is 18.3 Å². The fourth-order valence-corrected chi connectivity index (χ4v) is 2.04. The lowest BCUT2D eigenvalue weighted by Crippen LogP contribution is -2.45. The van der Waals surface area contributed by atoms with E-state index in [2.05, 4.69) is 10.5 Å². The number of rotatable bonds is 3. The van der Waals surface area contributed by atoms with E-state index in [0.717, 1.165) is 4.90 Å². The maximum absolute atomic E-state index is 11.9. The molecule has 8 nitrogen and oxygen atoms in total. The quantitative estimate of drug-likeness (QED) is 0.694. The number of hydrogen-bond donors (Lipinski definition) is 3. The molecule has 2 heterocycles. The highest BCUT2D eigenvalue weighted by Gasteiger charge is 2.38. The fourth-order valence-electron chi connectivity index (χ4n) is 2.04. The summed E-state index contributed by atoms with van der Waals surface area (Å²) in [5.74, 6) is -0.639. The Labute approximate surface area is 109 Å². The van der Waals surface area contributed by atoms with Crippen LogP contribution in [0, 0.1) is 6.92 Å². The molecule has 1 aromatic rings. The first-order chi connectivity index (χ1) is 8.97. The van der Waals surface area contributed by atoms with E-state index in [-0.39, 0.29) is 19.5 Å². The smallest absolute Gasteiger partial charge is 0.326 e. The minimum atomic E-state index is -1.12. The van der Waals surface area contributed by atoms with Gasteiger partial charge in [0.15, 0.2) is 5.76 Å². The summed E-state index contributed by atoms with van der Waals surface area (Å²) in [5.41, 5.74) is 0.698. The van der Waals surface area contributed by atoms with E-state index in [1.54, 1.807) is 13.0 Å². The summed E-state index contributed by atoms with van der Waals surface area (Å²) in [6.07, 6.45) is -0.760. The summed E-state index contributed by atoms with van der Waals surface area (Å²) >= 11 is 0. The van der Waals surface area contributed by atoms with E-state index in [1.807, 2.05) is 0 Å². The third kappa shape index (κ3) is 3.02. The van der Waals surface area contributed by atoms with E-state index in [4.69, 9.17) is 9.63 Å². The van der Waals surface area contributed by atoms with E-state index in [0.29, 0.717) is 11.5 Å². The minimum absolute atomic E-state index is 0.0121. The van der Waals surface area contributed by atoms with E-state index in [9.17, 15) is 14.7 Å². The predicted octanol–water partition coefficient (Wildman–Crippen LogP) is -0.288. The number of urea groups is 1. The van der Waals surface area contributed by atoms with Crippen LogP contribution in [0.15, 0.2) is 10.6 Å². The van der Waals surface area contributed by atoms with E-state index in [1.165, 1.54) is 0 Å². The molecule has 0 bridgehead atoms. The molecular weight excluding hydrogens is 254 g/mol. The molecular formula is C11H15N3O5. The molecule has 1 aliphatic heterocycles. The Balaban J connectivity index is 1.93. The number of hydrogen-bond acceptors (Lipinski definition) is 5. The molecule has 0 aliphatic carbocycles. The lowest BCUT2D eigenvalue weighted by atomic mass is 10.2. The van der Waals surface area contributed by atoms with Crippen LogP contribution in [0.4, 0.5) is 4.79 Å². The molecule has 0 spiro atoms. The number of aliphatic hydroxyl groups excluding tert-OH is 1. The number of aromatic nitrogens is 1. The van der Waals surface area contributed by atoms with Crippen molar-refractivity contribution in [2.45, 2.75) is 32.0 Å². The Hall–Kier alpha value is -2.09. The lowest BCUT2D eigenvalue weighted by molar-refractivity contribution is -0.141. The average molecular weight is 269 g/mol. The first kappa shape index (κ1) is 13.3. The van der Waals surface area contributed by atoms with Crippen LogP contribution in [0.1, 0.15) is 17.9 Å². The lowest BCUT2D eigenvalue weighted by Gasteiger charge is -2.21. The van der Waals surface area contributed by atoms with Gasteiger partial charge in [-0.3, -0.25) is 0 Å². The van der Waals surface area contributed by atoms with Crippen molar-refractivity contribution in [2.24, 2.45) is 0 Å². The number of carboxylic acid groups (broad SMARTS) is 1. The summed E-state index contributed by atoms with van der Waals surface area (Å²) < 4.78 is 4.92. The van der Waals surface area contributed by atoms with Gasteiger partial charge in [-0.25, -0.2) is 9.59 Å². The summed E-state index contributed by atoms with van der Waals surface area (Å²) in [5, 5.41) is 24.6. The molecule has 0 aromatic carbocycles. The molecule has 0 saturated carbocycles. The number of nitrogens with one attached hydrogen (secondary N) is 1. The Morgan fingerprint density at radius 1 is 1.63 bits per heavy atom. The maximum atomic E-state index is 11.9. The molecule has 1 aliphatic rings. The number of aliphatic carboxylic acids is 1. The number of carboxylic acids is 1. The minimum Gasteiger partial charge on any atom is -0.480 e. The van der Waals surface area contributed by atoms with Gasteiger partial charge in [-0.2, -0.15) is 0 Å². The van der Waals surface area contributed by atoms with Crippen molar-refractivity contribution in [2.75, 3.05) is 6.54 Å². The molecule has 2 atom stereocenters. The Bertz CT molecular complexity index is 486. The first-order valence-corrected chi connectivity index (χ1v) is 5.85.